The molecule has 0 aromatic carbocycles. The summed E-state index contributed by atoms with van der Waals surface area (Å²) in [5.74, 6) is -1.01. The molecule has 1 aliphatic carbocycles. The Kier molecular flexibility index (Phi) is 2.43. The van der Waals surface area contributed by atoms with Crippen molar-refractivity contribution in [1.82, 2.24) is 19.5 Å². The fraction of sp³-hybridized carbons (Fsp3) is 0.417. The van der Waals surface area contributed by atoms with Crippen LogP contribution in [0.25, 0.3) is 11.0 Å². The number of aromatic amines is 1. The number of nitrogens with one attached hydrogen (secondary N) is 1. The van der Waals surface area contributed by atoms with Gasteiger partial charge in [-0.25, -0.2) is 13.4 Å². The Bertz CT molecular complexity index is 846. The molecule has 2 aromatic heterocycles. The van der Waals surface area contributed by atoms with Crippen LogP contribution in [-0.2, 0) is 14.8 Å². The Hall–Kier alpha value is -2.00. The van der Waals surface area contributed by atoms with Gasteiger partial charge in [0.05, 0.1) is 5.39 Å². The third kappa shape index (κ3) is 1.70. The van der Waals surface area contributed by atoms with Crippen molar-refractivity contribution in [2.75, 3.05) is 6.54 Å². The van der Waals surface area contributed by atoms with Gasteiger partial charge in [-0.1, -0.05) is 0 Å². The number of carboxylic acids is 1. The molecule has 2 N–H and O–H groups in total. The van der Waals surface area contributed by atoms with E-state index in [2.05, 4.69) is 15.2 Å². The van der Waals surface area contributed by atoms with Crippen LogP contribution in [0.5, 0.6) is 0 Å². The monoisotopic (exact) mass is 308 g/mol. The Labute approximate surface area is 119 Å². The highest BCUT2D eigenvalue weighted by Crippen LogP contribution is 2.51. The predicted octanol–water partition coefficient (Wildman–Crippen LogP) is 0.0515. The van der Waals surface area contributed by atoms with Crippen LogP contribution < -0.4 is 0 Å². The third-order valence-electron chi connectivity index (χ3n) is 4.22. The number of nitrogens with zero attached hydrogens (tertiary/aromatic N) is 3. The summed E-state index contributed by atoms with van der Waals surface area (Å²) >= 11 is 0. The number of piperidine rings is 1. The van der Waals surface area contributed by atoms with Crippen LogP contribution in [0, 0.1) is 11.8 Å². The first-order chi connectivity index (χ1) is 10.00. The molecule has 0 radical (unpaired) electrons. The molecular weight excluding hydrogens is 296 g/mol. The first-order valence-corrected chi connectivity index (χ1v) is 7.98. The fourth-order valence-electron chi connectivity index (χ4n) is 3.12. The van der Waals surface area contributed by atoms with E-state index in [-0.39, 0.29) is 23.4 Å². The summed E-state index contributed by atoms with van der Waals surface area (Å²) in [6.07, 6.45) is 2.31. The van der Waals surface area contributed by atoms with Crippen molar-refractivity contribution >= 4 is 27.0 Å². The van der Waals surface area contributed by atoms with E-state index >= 15 is 0 Å². The zero-order chi connectivity index (χ0) is 14.8. The lowest BCUT2D eigenvalue weighted by molar-refractivity contribution is -0.141. The van der Waals surface area contributed by atoms with E-state index < -0.39 is 22.0 Å². The summed E-state index contributed by atoms with van der Waals surface area (Å²) in [6, 6.07) is 2.24. The first-order valence-electron chi connectivity index (χ1n) is 6.54. The number of carbonyl (C=O) groups is 1. The molecule has 2 fully saturated rings. The average molecular weight is 308 g/mol. The lowest BCUT2D eigenvalue weighted by Gasteiger charge is -2.22. The number of pyridine rings is 1. The standard InChI is InChI=1S/C12H12N4O4S/c17-12(18)9-8-4-6(8)5-16(9)21(19,20)11-7-2-1-3-13-10(7)14-15-11/h1-3,6,8-9H,4-5H2,(H,17,18)(H,13,14,15)/t6-,8-,9+/m1/s1. The van der Waals surface area contributed by atoms with Crippen molar-refractivity contribution in [2.24, 2.45) is 11.8 Å². The van der Waals surface area contributed by atoms with Gasteiger partial charge in [-0.05, 0) is 30.4 Å². The van der Waals surface area contributed by atoms with Crippen LogP contribution in [-0.4, -0.2) is 51.6 Å². The zero-order valence-corrected chi connectivity index (χ0v) is 11.6. The molecule has 1 saturated carbocycles. The van der Waals surface area contributed by atoms with E-state index in [1.165, 1.54) is 6.20 Å². The minimum absolute atomic E-state index is 0.0689. The van der Waals surface area contributed by atoms with Gasteiger partial charge < -0.3 is 5.11 Å². The normalized spacial score (nSPS) is 28.7. The highest BCUT2D eigenvalue weighted by molar-refractivity contribution is 7.89. The van der Waals surface area contributed by atoms with Crippen molar-refractivity contribution in [1.29, 1.82) is 0 Å². The molecule has 9 heteroatoms. The maximum absolute atomic E-state index is 12.7. The van der Waals surface area contributed by atoms with Crippen LogP contribution in [0.15, 0.2) is 23.4 Å². The smallest absolute Gasteiger partial charge is 0.322 e. The fourth-order valence-corrected chi connectivity index (χ4v) is 4.88. The van der Waals surface area contributed by atoms with Gasteiger partial charge in [0.25, 0.3) is 10.0 Å². The molecule has 1 aliphatic heterocycles. The van der Waals surface area contributed by atoms with Gasteiger partial charge in [-0.3, -0.25) is 9.89 Å². The van der Waals surface area contributed by atoms with Gasteiger partial charge in [0, 0.05) is 12.7 Å². The summed E-state index contributed by atoms with van der Waals surface area (Å²) in [5.41, 5.74) is 0.368. The van der Waals surface area contributed by atoms with Crippen LogP contribution in [0.3, 0.4) is 0 Å². The molecule has 2 aliphatic rings. The van der Waals surface area contributed by atoms with Gasteiger partial charge >= 0.3 is 5.97 Å². The van der Waals surface area contributed by atoms with Crippen molar-refractivity contribution in [3.8, 4) is 0 Å². The summed E-state index contributed by atoms with van der Waals surface area (Å²) in [7, 11) is -3.95. The van der Waals surface area contributed by atoms with E-state index in [1.807, 2.05) is 0 Å². The second-order valence-corrected chi connectivity index (χ2v) is 7.25. The molecule has 0 bridgehead atoms. The molecule has 0 amide bonds. The molecule has 0 unspecified atom stereocenters. The van der Waals surface area contributed by atoms with Gasteiger partial charge in [0.15, 0.2) is 5.65 Å². The van der Waals surface area contributed by atoms with Crippen molar-refractivity contribution in [3.63, 3.8) is 0 Å². The molecule has 21 heavy (non-hydrogen) atoms. The zero-order valence-electron chi connectivity index (χ0n) is 10.8. The molecule has 110 valence electrons. The van der Waals surface area contributed by atoms with Crippen LogP contribution in [0.2, 0.25) is 0 Å². The largest absolute Gasteiger partial charge is 0.480 e. The highest BCUT2D eigenvalue weighted by Gasteiger charge is 2.59. The maximum atomic E-state index is 12.7. The quantitative estimate of drug-likeness (QED) is 0.827. The molecule has 3 atom stereocenters. The Morgan fingerprint density at radius 2 is 2.29 bits per heavy atom. The van der Waals surface area contributed by atoms with E-state index in [4.69, 9.17) is 0 Å². The van der Waals surface area contributed by atoms with E-state index in [0.717, 1.165) is 10.7 Å². The number of hydrogen-bond acceptors (Lipinski definition) is 5. The Balaban J connectivity index is 1.82. The summed E-state index contributed by atoms with van der Waals surface area (Å²) in [4.78, 5) is 15.4. The highest BCUT2D eigenvalue weighted by atomic mass is 32.2. The molecule has 4 rings (SSSR count). The number of aromatic nitrogens is 3. The SMILES string of the molecule is O=C(O)[C@@H]1[C@@H]2C[C@@H]2CN1S(=O)(=O)c1n[nH]c2ncccc12. The molecule has 3 heterocycles. The number of carboxylic acid groups (broad SMARTS) is 1. The molecule has 2 aromatic rings. The molecule has 8 nitrogen and oxygen atoms in total. The van der Waals surface area contributed by atoms with Crippen molar-refractivity contribution in [3.05, 3.63) is 18.3 Å². The molecular formula is C12H12N4O4S. The van der Waals surface area contributed by atoms with Crippen LogP contribution >= 0.6 is 0 Å². The number of aliphatic carboxylic acids is 1. The van der Waals surface area contributed by atoms with E-state index in [9.17, 15) is 18.3 Å². The Morgan fingerprint density at radius 1 is 1.48 bits per heavy atom. The van der Waals surface area contributed by atoms with E-state index in [0.29, 0.717) is 11.0 Å². The van der Waals surface area contributed by atoms with Gasteiger partial charge in [0.2, 0.25) is 5.03 Å². The minimum atomic E-state index is -3.95. The topological polar surface area (TPSA) is 116 Å². The summed E-state index contributed by atoms with van der Waals surface area (Å²) in [5, 5.41) is 15.9. The summed E-state index contributed by atoms with van der Waals surface area (Å²) in [6.45, 7) is 0.249. The van der Waals surface area contributed by atoms with Gasteiger partial charge in [-0.2, -0.15) is 9.40 Å². The number of sulfonamides is 1. The van der Waals surface area contributed by atoms with Gasteiger partial charge in [-0.15, -0.1) is 0 Å². The maximum Gasteiger partial charge on any atom is 0.322 e. The number of rotatable bonds is 3. The minimum Gasteiger partial charge on any atom is -0.480 e. The average Bonchev–Trinajstić information content (AvgIpc) is 2.92. The number of H-pyrrole nitrogens is 1. The van der Waals surface area contributed by atoms with E-state index in [1.54, 1.807) is 12.1 Å². The van der Waals surface area contributed by atoms with Crippen molar-refractivity contribution < 1.29 is 18.3 Å². The molecule has 1 saturated heterocycles. The van der Waals surface area contributed by atoms with Gasteiger partial charge in [0.1, 0.15) is 6.04 Å². The number of fused-ring (bicyclic) bond motifs is 2. The lowest BCUT2D eigenvalue weighted by Crippen LogP contribution is -2.43. The second-order valence-electron chi connectivity index (χ2n) is 5.45. The summed E-state index contributed by atoms with van der Waals surface area (Å²) < 4.78 is 26.6. The van der Waals surface area contributed by atoms with Crippen LogP contribution in [0.1, 0.15) is 6.42 Å². The van der Waals surface area contributed by atoms with Crippen molar-refractivity contribution in [2.45, 2.75) is 17.5 Å². The predicted molar refractivity (Wildman–Crippen MR) is 70.8 cm³/mol. The molecule has 0 spiro atoms. The first kappa shape index (κ1) is 12.7. The second kappa shape index (κ2) is 4.01. The third-order valence-corrected chi connectivity index (χ3v) is 6.01. The lowest BCUT2D eigenvalue weighted by atomic mass is 10.2. The Morgan fingerprint density at radius 3 is 3.05 bits per heavy atom. The van der Waals surface area contributed by atoms with Crippen LogP contribution in [0.4, 0.5) is 0 Å². The number of hydrogen-bond donors (Lipinski definition) is 2.